The number of unbranched alkanes of at least 4 members (excludes halogenated alkanes) is 15. The van der Waals surface area contributed by atoms with Crippen LogP contribution in [0.15, 0.2) is 12.2 Å². The molecular formula is C23H46O3. The van der Waals surface area contributed by atoms with Gasteiger partial charge in [0.25, 0.3) is 0 Å². The van der Waals surface area contributed by atoms with E-state index in [-0.39, 0.29) is 0 Å². The van der Waals surface area contributed by atoms with Crippen LogP contribution < -0.4 is 0 Å². The van der Waals surface area contributed by atoms with Crippen molar-refractivity contribution in [3.63, 3.8) is 0 Å². The summed E-state index contributed by atoms with van der Waals surface area (Å²) >= 11 is 0. The summed E-state index contributed by atoms with van der Waals surface area (Å²) in [4.78, 5) is 10.1. The largest absolute Gasteiger partial charge is 0.389 e. The first kappa shape index (κ1) is 25.6. The SMILES string of the molecule is CCCCCCCCCCCCCCCCCCOOCC=CC(C)O. The van der Waals surface area contributed by atoms with Crippen molar-refractivity contribution in [1.29, 1.82) is 0 Å². The summed E-state index contributed by atoms with van der Waals surface area (Å²) in [5.74, 6) is 0. The lowest BCUT2D eigenvalue weighted by atomic mass is 10.0. The minimum Gasteiger partial charge on any atom is -0.389 e. The maximum atomic E-state index is 9.03. The van der Waals surface area contributed by atoms with E-state index < -0.39 is 6.10 Å². The zero-order chi connectivity index (χ0) is 19.1. The first-order valence-corrected chi connectivity index (χ1v) is 11.4. The van der Waals surface area contributed by atoms with Crippen LogP contribution >= 0.6 is 0 Å². The van der Waals surface area contributed by atoms with Crippen molar-refractivity contribution in [3.8, 4) is 0 Å². The molecule has 0 aliphatic carbocycles. The first-order valence-electron chi connectivity index (χ1n) is 11.4. The molecule has 0 bridgehead atoms. The number of rotatable bonds is 21. The molecule has 0 amide bonds. The Labute approximate surface area is 163 Å². The molecule has 0 fully saturated rings. The lowest BCUT2D eigenvalue weighted by molar-refractivity contribution is -0.286. The van der Waals surface area contributed by atoms with Gasteiger partial charge in [-0.05, 0) is 13.3 Å². The van der Waals surface area contributed by atoms with Crippen LogP contribution in [0.5, 0.6) is 0 Å². The van der Waals surface area contributed by atoms with Crippen molar-refractivity contribution in [2.45, 2.75) is 123 Å². The van der Waals surface area contributed by atoms with Gasteiger partial charge in [-0.1, -0.05) is 115 Å². The van der Waals surface area contributed by atoms with Gasteiger partial charge in [-0.15, -0.1) is 0 Å². The highest BCUT2D eigenvalue weighted by Gasteiger charge is 1.95. The van der Waals surface area contributed by atoms with Crippen LogP contribution in [-0.2, 0) is 9.78 Å². The average Bonchev–Trinajstić information content (AvgIpc) is 2.62. The Morgan fingerprint density at radius 1 is 0.654 bits per heavy atom. The molecule has 3 heteroatoms. The quantitative estimate of drug-likeness (QED) is 0.101. The van der Waals surface area contributed by atoms with E-state index in [0.717, 1.165) is 6.42 Å². The second-order valence-corrected chi connectivity index (χ2v) is 7.58. The highest BCUT2D eigenvalue weighted by Crippen LogP contribution is 2.13. The molecule has 156 valence electrons. The van der Waals surface area contributed by atoms with Crippen LogP contribution in [0.4, 0.5) is 0 Å². The molecule has 0 rings (SSSR count). The van der Waals surface area contributed by atoms with Crippen LogP contribution in [0.2, 0.25) is 0 Å². The van der Waals surface area contributed by atoms with E-state index >= 15 is 0 Å². The molecule has 26 heavy (non-hydrogen) atoms. The molecule has 1 N–H and O–H groups in total. The highest BCUT2D eigenvalue weighted by atomic mass is 17.2. The molecule has 0 radical (unpaired) electrons. The molecule has 0 spiro atoms. The van der Waals surface area contributed by atoms with Crippen molar-refractivity contribution < 1.29 is 14.9 Å². The molecule has 0 aliphatic heterocycles. The monoisotopic (exact) mass is 370 g/mol. The lowest BCUT2D eigenvalue weighted by Gasteiger charge is -2.04. The number of aliphatic hydroxyl groups is 1. The lowest BCUT2D eigenvalue weighted by Crippen LogP contribution is -1.98. The van der Waals surface area contributed by atoms with Crippen molar-refractivity contribution in [3.05, 3.63) is 12.2 Å². The highest BCUT2D eigenvalue weighted by molar-refractivity contribution is 4.85. The summed E-state index contributed by atoms with van der Waals surface area (Å²) in [6, 6.07) is 0. The molecule has 0 aromatic heterocycles. The topological polar surface area (TPSA) is 38.7 Å². The molecule has 0 saturated carbocycles. The van der Waals surface area contributed by atoms with Crippen molar-refractivity contribution in [1.82, 2.24) is 0 Å². The van der Waals surface area contributed by atoms with E-state index in [1.165, 1.54) is 96.3 Å². The van der Waals surface area contributed by atoms with Crippen molar-refractivity contribution >= 4 is 0 Å². The van der Waals surface area contributed by atoms with Crippen LogP contribution in [0.3, 0.4) is 0 Å². The molecule has 0 heterocycles. The minimum absolute atomic E-state index is 0.407. The molecule has 3 nitrogen and oxygen atoms in total. The fourth-order valence-electron chi connectivity index (χ4n) is 3.11. The second kappa shape index (κ2) is 22.7. The Kier molecular flexibility index (Phi) is 22.3. The minimum atomic E-state index is -0.418. The van der Waals surface area contributed by atoms with Gasteiger partial charge in [-0.2, -0.15) is 0 Å². The van der Waals surface area contributed by atoms with Crippen LogP contribution in [0, 0.1) is 0 Å². The van der Waals surface area contributed by atoms with Gasteiger partial charge >= 0.3 is 0 Å². The van der Waals surface area contributed by atoms with Gasteiger partial charge in [0.15, 0.2) is 0 Å². The van der Waals surface area contributed by atoms with Crippen LogP contribution in [-0.4, -0.2) is 24.4 Å². The van der Waals surface area contributed by atoms with Crippen molar-refractivity contribution in [2.75, 3.05) is 13.2 Å². The van der Waals surface area contributed by atoms with Gasteiger partial charge in [0.05, 0.1) is 12.7 Å². The Balaban J connectivity index is 3.01. The Morgan fingerprint density at radius 2 is 1.08 bits per heavy atom. The second-order valence-electron chi connectivity index (χ2n) is 7.58. The molecule has 1 atom stereocenters. The Bertz CT molecular complexity index is 277. The maximum absolute atomic E-state index is 9.03. The van der Waals surface area contributed by atoms with E-state index in [2.05, 4.69) is 6.92 Å². The summed E-state index contributed by atoms with van der Waals surface area (Å²) in [7, 11) is 0. The number of hydrogen-bond donors (Lipinski definition) is 1. The fourth-order valence-corrected chi connectivity index (χ4v) is 3.11. The fraction of sp³-hybridized carbons (Fsp3) is 0.913. The normalized spacial score (nSPS) is 12.9. The Hall–Kier alpha value is -0.380. The van der Waals surface area contributed by atoms with Crippen LogP contribution in [0.1, 0.15) is 117 Å². The number of hydrogen-bond acceptors (Lipinski definition) is 3. The predicted molar refractivity (Wildman–Crippen MR) is 112 cm³/mol. The van der Waals surface area contributed by atoms with E-state index in [9.17, 15) is 0 Å². The first-order chi connectivity index (χ1) is 12.8. The third kappa shape index (κ3) is 23.6. The predicted octanol–water partition coefficient (Wildman–Crippen LogP) is 7.13. The molecule has 0 aromatic carbocycles. The van der Waals surface area contributed by atoms with E-state index in [0.29, 0.717) is 13.2 Å². The zero-order valence-corrected chi connectivity index (χ0v) is 17.7. The summed E-state index contributed by atoms with van der Waals surface area (Å²) < 4.78 is 0. The molecular weight excluding hydrogens is 324 g/mol. The number of aliphatic hydroxyl groups excluding tert-OH is 1. The van der Waals surface area contributed by atoms with Gasteiger partial charge in [0.2, 0.25) is 0 Å². The van der Waals surface area contributed by atoms with Gasteiger partial charge in [0.1, 0.15) is 6.61 Å². The molecule has 0 saturated heterocycles. The summed E-state index contributed by atoms with van der Waals surface area (Å²) in [5.41, 5.74) is 0. The molecule has 1 unspecified atom stereocenters. The van der Waals surface area contributed by atoms with Gasteiger partial charge in [0, 0.05) is 0 Å². The van der Waals surface area contributed by atoms with E-state index in [1.807, 2.05) is 0 Å². The third-order valence-corrected chi connectivity index (χ3v) is 4.74. The van der Waals surface area contributed by atoms with Gasteiger partial charge in [-0.3, -0.25) is 0 Å². The summed E-state index contributed by atoms with van der Waals surface area (Å²) in [5, 5.41) is 9.03. The van der Waals surface area contributed by atoms with Gasteiger partial charge in [-0.25, -0.2) is 9.78 Å². The molecule has 0 aliphatic rings. The van der Waals surface area contributed by atoms with E-state index in [4.69, 9.17) is 14.9 Å². The van der Waals surface area contributed by atoms with E-state index in [1.54, 1.807) is 19.1 Å². The maximum Gasteiger partial charge on any atom is 0.100 e. The zero-order valence-electron chi connectivity index (χ0n) is 17.7. The molecule has 0 aromatic rings. The van der Waals surface area contributed by atoms with Crippen LogP contribution in [0.25, 0.3) is 0 Å². The Morgan fingerprint density at radius 3 is 1.50 bits per heavy atom. The summed E-state index contributed by atoms with van der Waals surface area (Å²) in [6.45, 7) is 5.07. The summed E-state index contributed by atoms with van der Waals surface area (Å²) in [6.07, 6.45) is 25.1. The smallest absolute Gasteiger partial charge is 0.100 e. The van der Waals surface area contributed by atoms with Crippen molar-refractivity contribution in [2.24, 2.45) is 0 Å². The standard InChI is InChI=1S/C23H46O3/c1-3-4-5-6-7-8-9-10-11-12-13-14-15-16-17-18-21-25-26-22-19-20-23(2)24/h19-20,23-24H,3-18,21-22H2,1-2H3. The van der Waals surface area contributed by atoms with Gasteiger partial charge < -0.3 is 5.11 Å². The third-order valence-electron chi connectivity index (χ3n) is 4.74. The average molecular weight is 371 g/mol.